The number of halogens is 1. The van der Waals surface area contributed by atoms with Crippen LogP contribution >= 0.6 is 0 Å². The van der Waals surface area contributed by atoms with Gasteiger partial charge < -0.3 is 9.47 Å². The van der Waals surface area contributed by atoms with E-state index in [9.17, 15) is 14.9 Å². The topological polar surface area (TPSA) is 102 Å². The smallest absolute Gasteiger partial charge is 0.218 e. The first-order valence-corrected chi connectivity index (χ1v) is 7.48. The lowest BCUT2D eigenvalue weighted by Crippen LogP contribution is -2.70. The molecule has 24 heavy (non-hydrogen) atoms. The van der Waals surface area contributed by atoms with E-state index in [1.807, 2.05) is 0 Å². The molecule has 4 aliphatic heterocycles. The second-order valence-corrected chi connectivity index (χ2v) is 6.49. The summed E-state index contributed by atoms with van der Waals surface area (Å²) in [6.45, 7) is 3.40. The maximum absolute atomic E-state index is 13.3. The summed E-state index contributed by atoms with van der Waals surface area (Å²) in [5, 5.41) is 28.3. The normalized spacial score (nSPS) is 42.0. The Morgan fingerprint density at radius 3 is 2.42 bits per heavy atom. The van der Waals surface area contributed by atoms with Gasteiger partial charge in [0, 0.05) is 12.8 Å². The predicted octanol–water partition coefficient (Wildman–Crippen LogP) is 2.69. The van der Waals surface area contributed by atoms with Gasteiger partial charge in [0.2, 0.25) is 11.7 Å². The van der Waals surface area contributed by atoms with Gasteiger partial charge in [-0.15, -0.1) is 0 Å². The number of rotatable bonds is 1. The van der Waals surface area contributed by atoms with Crippen LogP contribution in [0.4, 0.5) is 4.39 Å². The molecule has 7 heteroatoms. The minimum absolute atomic E-state index is 0.0396. The lowest BCUT2D eigenvalue weighted by atomic mass is 9.51. The molecule has 0 saturated carbocycles. The van der Waals surface area contributed by atoms with E-state index >= 15 is 0 Å². The molecule has 1 N–H and O–H groups in total. The molecular formula is C17H13FN4O2. The summed E-state index contributed by atoms with van der Waals surface area (Å²) >= 11 is 0. The van der Waals surface area contributed by atoms with Crippen LogP contribution in [0.1, 0.15) is 25.5 Å². The molecule has 0 radical (unpaired) electrons. The summed E-state index contributed by atoms with van der Waals surface area (Å²) in [6, 6.07) is 9.91. The Bertz CT molecular complexity index is 883. The lowest BCUT2D eigenvalue weighted by Gasteiger charge is -2.59. The number of aliphatic imine (C=N–C) groups is 1. The van der Waals surface area contributed by atoms with Crippen molar-refractivity contribution < 1.29 is 13.9 Å². The molecule has 0 aromatic heterocycles. The van der Waals surface area contributed by atoms with Crippen molar-refractivity contribution in [3.05, 3.63) is 35.6 Å². The number of fused-ring (bicyclic) bond motifs is 1. The number of nitrogens with one attached hydrogen (secondary N) is 1. The van der Waals surface area contributed by atoms with E-state index in [2.05, 4.69) is 17.1 Å². The fourth-order valence-corrected chi connectivity index (χ4v) is 4.11. The van der Waals surface area contributed by atoms with Crippen molar-refractivity contribution in [2.75, 3.05) is 0 Å². The standard InChI is InChI=1S/C17H13FN4O2/c1-9-15(2)23-12(10-3-5-11(18)6-4-10)17(8-20)14(24-15)22-13(21)16(9,17)7-19/h3-6,9,12,21H,1-2H3/t9-,12-,15+,16-,17-/m0/s1. The number of nitriles is 2. The van der Waals surface area contributed by atoms with Gasteiger partial charge in [-0.2, -0.15) is 15.5 Å². The van der Waals surface area contributed by atoms with Crippen LogP contribution in [-0.2, 0) is 9.47 Å². The Kier molecular flexibility index (Phi) is 2.59. The van der Waals surface area contributed by atoms with Gasteiger partial charge in [0.1, 0.15) is 17.8 Å². The molecule has 4 bridgehead atoms. The highest BCUT2D eigenvalue weighted by Crippen LogP contribution is 2.69. The van der Waals surface area contributed by atoms with Crippen LogP contribution in [0.5, 0.6) is 0 Å². The summed E-state index contributed by atoms with van der Waals surface area (Å²) in [5.74, 6) is -2.33. The first-order valence-electron chi connectivity index (χ1n) is 7.48. The quantitative estimate of drug-likeness (QED) is 0.857. The van der Waals surface area contributed by atoms with Crippen molar-refractivity contribution in [2.45, 2.75) is 25.7 Å². The van der Waals surface area contributed by atoms with Crippen LogP contribution in [0.3, 0.4) is 0 Å². The van der Waals surface area contributed by atoms with Gasteiger partial charge in [0.25, 0.3) is 0 Å². The number of hydrogen-bond acceptors (Lipinski definition) is 5. The van der Waals surface area contributed by atoms with Crippen molar-refractivity contribution in [1.29, 1.82) is 15.9 Å². The monoisotopic (exact) mass is 324 g/mol. The molecule has 1 aromatic rings. The number of nitrogens with zero attached hydrogens (tertiary/aromatic N) is 3. The molecule has 0 amide bonds. The van der Waals surface area contributed by atoms with Crippen LogP contribution in [0.25, 0.3) is 0 Å². The maximum atomic E-state index is 13.3. The summed E-state index contributed by atoms with van der Waals surface area (Å²) in [5.41, 5.74) is -2.49. The molecular weight excluding hydrogens is 311 g/mol. The van der Waals surface area contributed by atoms with Crippen LogP contribution in [0, 0.1) is 50.6 Å². The molecule has 4 aliphatic rings. The fourth-order valence-electron chi connectivity index (χ4n) is 4.11. The molecule has 5 rings (SSSR count). The van der Waals surface area contributed by atoms with Crippen LogP contribution in [-0.4, -0.2) is 17.5 Å². The zero-order valence-corrected chi connectivity index (χ0v) is 13.0. The van der Waals surface area contributed by atoms with E-state index in [0.29, 0.717) is 5.56 Å². The van der Waals surface area contributed by atoms with E-state index in [1.165, 1.54) is 24.3 Å². The zero-order valence-electron chi connectivity index (χ0n) is 13.0. The van der Waals surface area contributed by atoms with E-state index < -0.39 is 34.5 Å². The highest BCUT2D eigenvalue weighted by molar-refractivity contribution is 6.12. The lowest BCUT2D eigenvalue weighted by molar-refractivity contribution is -0.332. The first-order chi connectivity index (χ1) is 11.4. The molecule has 5 atom stereocenters. The largest absolute Gasteiger partial charge is 0.447 e. The van der Waals surface area contributed by atoms with Gasteiger partial charge in [0.15, 0.2) is 10.8 Å². The van der Waals surface area contributed by atoms with Crippen molar-refractivity contribution in [3.8, 4) is 12.1 Å². The number of hydrogen-bond donors (Lipinski definition) is 1. The highest BCUT2D eigenvalue weighted by Gasteiger charge is 2.81. The van der Waals surface area contributed by atoms with E-state index in [-0.39, 0.29) is 11.7 Å². The SMILES string of the molecule is C[C@H]1[C@@]2(C)OC3=NC(=N)[C@@]1(C#N)[C@@]3(C#N)[C@H](c1ccc(F)cc1)O2. The van der Waals surface area contributed by atoms with E-state index in [4.69, 9.17) is 14.9 Å². The van der Waals surface area contributed by atoms with Crippen molar-refractivity contribution in [1.82, 2.24) is 0 Å². The minimum Gasteiger partial charge on any atom is -0.447 e. The molecule has 4 heterocycles. The zero-order chi connectivity index (χ0) is 17.3. The molecule has 0 unspecified atom stereocenters. The number of benzene rings is 1. The summed E-state index contributed by atoms with van der Waals surface area (Å²) in [7, 11) is 0. The van der Waals surface area contributed by atoms with Crippen molar-refractivity contribution in [3.63, 3.8) is 0 Å². The molecule has 3 fully saturated rings. The summed E-state index contributed by atoms with van der Waals surface area (Å²) in [4.78, 5) is 4.09. The van der Waals surface area contributed by atoms with Crippen molar-refractivity contribution in [2.24, 2.45) is 21.7 Å². The molecule has 0 aliphatic carbocycles. The second kappa shape index (κ2) is 4.19. The van der Waals surface area contributed by atoms with Gasteiger partial charge in [0.05, 0.1) is 12.1 Å². The fraction of sp³-hybridized carbons (Fsp3) is 0.412. The summed E-state index contributed by atoms with van der Waals surface area (Å²) < 4.78 is 25.1. The predicted molar refractivity (Wildman–Crippen MR) is 80.1 cm³/mol. The highest BCUT2D eigenvalue weighted by atomic mass is 19.1. The molecule has 0 spiro atoms. The third-order valence-electron chi connectivity index (χ3n) is 5.55. The van der Waals surface area contributed by atoms with Gasteiger partial charge in [-0.1, -0.05) is 19.1 Å². The molecule has 6 nitrogen and oxygen atoms in total. The molecule has 3 saturated heterocycles. The Morgan fingerprint density at radius 1 is 1.21 bits per heavy atom. The second-order valence-electron chi connectivity index (χ2n) is 6.49. The third kappa shape index (κ3) is 1.30. The molecule has 1 aromatic carbocycles. The van der Waals surface area contributed by atoms with E-state index in [1.54, 1.807) is 13.8 Å². The third-order valence-corrected chi connectivity index (χ3v) is 5.55. The van der Waals surface area contributed by atoms with Crippen LogP contribution in [0.2, 0.25) is 0 Å². The van der Waals surface area contributed by atoms with E-state index in [0.717, 1.165) is 0 Å². The van der Waals surface area contributed by atoms with Gasteiger partial charge >= 0.3 is 0 Å². The van der Waals surface area contributed by atoms with Gasteiger partial charge in [-0.3, -0.25) is 5.41 Å². The average Bonchev–Trinajstić information content (AvgIpc) is 2.78. The Hall–Kier alpha value is -2.77. The van der Waals surface area contributed by atoms with Gasteiger partial charge in [-0.05, 0) is 17.7 Å². The van der Waals surface area contributed by atoms with Crippen LogP contribution in [0.15, 0.2) is 29.3 Å². The minimum atomic E-state index is -1.56. The Balaban J connectivity index is 2.02. The van der Waals surface area contributed by atoms with Crippen LogP contribution < -0.4 is 0 Å². The number of amidine groups is 1. The summed E-state index contributed by atoms with van der Waals surface area (Å²) in [6.07, 6.45) is -0.876. The average molecular weight is 324 g/mol. The Morgan fingerprint density at radius 2 is 1.83 bits per heavy atom. The number of ether oxygens (including phenoxy) is 2. The Labute approximate surface area is 137 Å². The molecule has 120 valence electrons. The maximum Gasteiger partial charge on any atom is 0.218 e. The van der Waals surface area contributed by atoms with Gasteiger partial charge in [-0.25, -0.2) is 4.39 Å². The van der Waals surface area contributed by atoms with Crippen molar-refractivity contribution >= 4 is 11.7 Å². The first kappa shape index (κ1) is 14.8.